The van der Waals surface area contributed by atoms with E-state index in [1.54, 1.807) is 12.1 Å². The third kappa shape index (κ3) is 5.63. The fourth-order valence-corrected chi connectivity index (χ4v) is 6.07. The number of fused-ring (bicyclic) bond motifs is 3. The molecule has 5 nitrogen and oxygen atoms in total. The predicted octanol–water partition coefficient (Wildman–Crippen LogP) is 11.1. The van der Waals surface area contributed by atoms with E-state index in [1.807, 2.05) is 48.5 Å². The average molecular weight is 619 g/mol. The SMILES string of the molecule is CC(C)(C)c1cc(-c2cc(C(C)(C)C)cc(-c3c(O)ccc4oc5cc(-c6ccccc6)ccc5c34)n2)nc(-c2ccccc2O)c1. The van der Waals surface area contributed by atoms with Crippen LogP contribution in [0.15, 0.2) is 114 Å². The van der Waals surface area contributed by atoms with E-state index < -0.39 is 0 Å². The summed E-state index contributed by atoms with van der Waals surface area (Å²) in [6.45, 7) is 13.0. The molecule has 0 bridgehead atoms. The van der Waals surface area contributed by atoms with E-state index in [1.165, 1.54) is 0 Å². The molecule has 0 atom stereocenters. The fourth-order valence-electron chi connectivity index (χ4n) is 6.07. The van der Waals surface area contributed by atoms with Gasteiger partial charge in [-0.25, -0.2) is 9.97 Å². The normalized spacial score (nSPS) is 12.2. The quantitative estimate of drug-likeness (QED) is 0.205. The lowest BCUT2D eigenvalue weighted by Crippen LogP contribution is -2.13. The molecule has 2 N–H and O–H groups in total. The highest BCUT2D eigenvalue weighted by Gasteiger charge is 2.24. The van der Waals surface area contributed by atoms with Crippen molar-refractivity contribution in [2.75, 3.05) is 0 Å². The second kappa shape index (κ2) is 11.1. The highest BCUT2D eigenvalue weighted by molar-refractivity contribution is 6.14. The van der Waals surface area contributed by atoms with Gasteiger partial charge in [0.15, 0.2) is 0 Å². The Morgan fingerprint density at radius 2 is 1.11 bits per heavy atom. The molecule has 0 aliphatic heterocycles. The van der Waals surface area contributed by atoms with Gasteiger partial charge in [0, 0.05) is 16.3 Å². The molecule has 0 aliphatic carbocycles. The van der Waals surface area contributed by atoms with Gasteiger partial charge in [-0.05, 0) is 93.7 Å². The van der Waals surface area contributed by atoms with Crippen molar-refractivity contribution in [1.29, 1.82) is 0 Å². The predicted molar refractivity (Wildman–Crippen MR) is 192 cm³/mol. The average Bonchev–Trinajstić information content (AvgIpc) is 3.42. The lowest BCUT2D eigenvalue weighted by atomic mass is 9.84. The Morgan fingerprint density at radius 3 is 1.77 bits per heavy atom. The van der Waals surface area contributed by atoms with Crippen LogP contribution in [0.4, 0.5) is 0 Å². The van der Waals surface area contributed by atoms with Gasteiger partial charge < -0.3 is 14.6 Å². The zero-order valence-corrected chi connectivity index (χ0v) is 27.6. The number of hydrogen-bond acceptors (Lipinski definition) is 5. The van der Waals surface area contributed by atoms with Crippen molar-refractivity contribution in [3.05, 3.63) is 120 Å². The second-order valence-corrected chi connectivity index (χ2v) is 14.3. The van der Waals surface area contributed by atoms with Crippen LogP contribution in [0.1, 0.15) is 52.7 Å². The molecule has 7 aromatic rings. The van der Waals surface area contributed by atoms with Crippen molar-refractivity contribution >= 4 is 21.9 Å². The van der Waals surface area contributed by atoms with Gasteiger partial charge in [0.05, 0.1) is 28.3 Å². The van der Waals surface area contributed by atoms with Crippen molar-refractivity contribution in [2.45, 2.75) is 52.4 Å². The zero-order chi connectivity index (χ0) is 33.1. The van der Waals surface area contributed by atoms with Gasteiger partial charge >= 0.3 is 0 Å². The molecule has 0 saturated carbocycles. The number of phenolic OH excluding ortho intramolecular Hbond substituents is 2. The van der Waals surface area contributed by atoms with Crippen LogP contribution < -0.4 is 0 Å². The summed E-state index contributed by atoms with van der Waals surface area (Å²) < 4.78 is 6.40. The summed E-state index contributed by atoms with van der Waals surface area (Å²) in [4.78, 5) is 10.3. The van der Waals surface area contributed by atoms with Crippen LogP contribution in [0.25, 0.3) is 67.0 Å². The standard InChI is InChI=1S/C42H38N2O3/c1-41(2,3)27-21-31(29-14-10-11-15-35(29)45)43-32(22-27)33-23-28(42(4,5)6)24-34(44-33)40-36(46)18-19-37-39(40)30-17-16-26(20-38(30)47-37)25-12-8-7-9-13-25/h7-24,45-46H,1-6H3. The van der Waals surface area contributed by atoms with E-state index in [0.717, 1.165) is 38.6 Å². The molecule has 7 rings (SSSR count). The molecular formula is C42H38N2O3. The highest BCUT2D eigenvalue weighted by atomic mass is 16.3. The molecule has 0 amide bonds. The van der Waals surface area contributed by atoms with E-state index in [2.05, 4.69) is 90.1 Å². The van der Waals surface area contributed by atoms with Gasteiger partial charge in [0.25, 0.3) is 0 Å². The van der Waals surface area contributed by atoms with Crippen LogP contribution in [0, 0.1) is 0 Å². The first kappa shape index (κ1) is 30.2. The molecule has 0 radical (unpaired) electrons. The molecule has 3 aromatic heterocycles. The maximum atomic E-state index is 11.5. The minimum atomic E-state index is -0.221. The lowest BCUT2D eigenvalue weighted by Gasteiger charge is -2.23. The van der Waals surface area contributed by atoms with Gasteiger partial charge in [-0.2, -0.15) is 0 Å². The number of aromatic hydroxyl groups is 2. The largest absolute Gasteiger partial charge is 0.507 e. The Kier molecular flexibility index (Phi) is 7.16. The van der Waals surface area contributed by atoms with Crippen LogP contribution in [0.3, 0.4) is 0 Å². The topological polar surface area (TPSA) is 79.4 Å². The van der Waals surface area contributed by atoms with Crippen LogP contribution in [-0.2, 0) is 10.8 Å². The molecule has 0 aliphatic rings. The van der Waals surface area contributed by atoms with Crippen molar-refractivity contribution in [1.82, 2.24) is 9.97 Å². The van der Waals surface area contributed by atoms with Gasteiger partial charge in [-0.3, -0.25) is 0 Å². The molecule has 0 unspecified atom stereocenters. The smallest absolute Gasteiger partial charge is 0.136 e. The van der Waals surface area contributed by atoms with Gasteiger partial charge in [0.1, 0.15) is 22.7 Å². The maximum absolute atomic E-state index is 11.5. The summed E-state index contributed by atoms with van der Waals surface area (Å²) >= 11 is 0. The summed E-state index contributed by atoms with van der Waals surface area (Å²) in [5.41, 5.74) is 9.29. The van der Waals surface area contributed by atoms with E-state index in [4.69, 9.17) is 14.4 Å². The fraction of sp³-hybridized carbons (Fsp3) is 0.190. The number of pyridine rings is 2. The first-order valence-corrected chi connectivity index (χ1v) is 15.9. The molecule has 234 valence electrons. The second-order valence-electron chi connectivity index (χ2n) is 14.3. The Hall–Kier alpha value is -5.42. The van der Waals surface area contributed by atoms with Gasteiger partial charge in [-0.15, -0.1) is 0 Å². The van der Waals surface area contributed by atoms with Gasteiger partial charge in [-0.1, -0.05) is 90.1 Å². The van der Waals surface area contributed by atoms with E-state index in [-0.39, 0.29) is 22.3 Å². The number of nitrogens with zero attached hydrogens (tertiary/aromatic N) is 2. The Bertz CT molecular complexity index is 2290. The third-order valence-corrected chi connectivity index (χ3v) is 8.80. The number of para-hydroxylation sites is 1. The van der Waals surface area contributed by atoms with E-state index in [9.17, 15) is 10.2 Å². The number of aromatic nitrogens is 2. The van der Waals surface area contributed by atoms with Crippen molar-refractivity contribution < 1.29 is 14.6 Å². The molecule has 3 heterocycles. The number of furan rings is 1. The minimum Gasteiger partial charge on any atom is -0.507 e. The van der Waals surface area contributed by atoms with Crippen molar-refractivity contribution in [3.8, 4) is 56.5 Å². The number of benzene rings is 4. The third-order valence-electron chi connectivity index (χ3n) is 8.80. The number of phenols is 2. The molecule has 0 fully saturated rings. The number of rotatable bonds is 4. The van der Waals surface area contributed by atoms with Crippen molar-refractivity contribution in [3.63, 3.8) is 0 Å². The Labute approximate surface area is 275 Å². The number of hydrogen-bond donors (Lipinski definition) is 2. The van der Waals surface area contributed by atoms with E-state index in [0.29, 0.717) is 39.5 Å². The van der Waals surface area contributed by atoms with Crippen LogP contribution in [0.2, 0.25) is 0 Å². The maximum Gasteiger partial charge on any atom is 0.136 e. The summed E-state index contributed by atoms with van der Waals surface area (Å²) in [7, 11) is 0. The lowest BCUT2D eigenvalue weighted by molar-refractivity contribution is 0.476. The molecule has 5 heteroatoms. The monoisotopic (exact) mass is 618 g/mol. The summed E-state index contributed by atoms with van der Waals surface area (Å²) in [5, 5.41) is 23.9. The first-order valence-electron chi connectivity index (χ1n) is 15.9. The van der Waals surface area contributed by atoms with Crippen LogP contribution in [-0.4, -0.2) is 20.2 Å². The molecular weight excluding hydrogens is 580 g/mol. The van der Waals surface area contributed by atoms with Crippen LogP contribution >= 0.6 is 0 Å². The summed E-state index contributed by atoms with van der Waals surface area (Å²) in [6.07, 6.45) is 0. The first-order chi connectivity index (χ1) is 22.4. The Morgan fingerprint density at radius 1 is 0.511 bits per heavy atom. The van der Waals surface area contributed by atoms with Gasteiger partial charge in [0.2, 0.25) is 0 Å². The molecule has 0 spiro atoms. The highest BCUT2D eigenvalue weighted by Crippen LogP contribution is 2.44. The molecule has 47 heavy (non-hydrogen) atoms. The van der Waals surface area contributed by atoms with E-state index >= 15 is 0 Å². The summed E-state index contributed by atoms with van der Waals surface area (Å²) in [5.74, 6) is 0.302. The zero-order valence-electron chi connectivity index (χ0n) is 27.6. The minimum absolute atomic E-state index is 0.128. The summed E-state index contributed by atoms with van der Waals surface area (Å²) in [6, 6.07) is 35.5. The van der Waals surface area contributed by atoms with Crippen LogP contribution in [0.5, 0.6) is 11.5 Å². The Balaban J connectivity index is 1.48. The van der Waals surface area contributed by atoms with Crippen molar-refractivity contribution in [2.24, 2.45) is 0 Å². The molecule has 4 aromatic carbocycles. The molecule has 0 saturated heterocycles.